The number of rotatable bonds is 2. The molecule has 3 heterocycles. The predicted molar refractivity (Wildman–Crippen MR) is 90.6 cm³/mol. The zero-order valence-electron chi connectivity index (χ0n) is 13.1. The van der Waals surface area contributed by atoms with Crippen LogP contribution in [-0.2, 0) is 12.8 Å². The fourth-order valence-corrected chi connectivity index (χ4v) is 5.25. The van der Waals surface area contributed by atoms with Crippen LogP contribution < -0.4 is 4.90 Å². The number of anilines is 1. The molecule has 0 radical (unpaired) electrons. The van der Waals surface area contributed by atoms with E-state index in [9.17, 15) is 5.11 Å². The van der Waals surface area contributed by atoms with E-state index in [4.69, 9.17) is 0 Å². The first-order chi connectivity index (χ1) is 10.8. The van der Waals surface area contributed by atoms with Crippen molar-refractivity contribution < 1.29 is 5.11 Å². The standard InChI is InChI=1S/C17H23N3OS/c1-11-4-5-13-14(7-11)22-17-15(13)16(18-10-19-17)20-6-2-3-12(8-20)9-21/h10-12,21H,2-9H2,1H3/t11-,12-/m0/s1. The second kappa shape index (κ2) is 5.78. The van der Waals surface area contributed by atoms with Crippen molar-refractivity contribution in [1.82, 2.24) is 9.97 Å². The number of piperidine rings is 1. The predicted octanol–water partition coefficient (Wildman–Crippen LogP) is 3.02. The molecule has 0 saturated carbocycles. The average Bonchev–Trinajstić information content (AvgIpc) is 2.92. The summed E-state index contributed by atoms with van der Waals surface area (Å²) in [5.41, 5.74) is 1.50. The molecule has 4 nitrogen and oxygen atoms in total. The van der Waals surface area contributed by atoms with Gasteiger partial charge in [-0.05, 0) is 49.5 Å². The third-order valence-corrected chi connectivity index (χ3v) is 6.31. The highest BCUT2D eigenvalue weighted by molar-refractivity contribution is 7.19. The number of hydrogen-bond acceptors (Lipinski definition) is 5. The normalized spacial score (nSPS) is 25.5. The van der Waals surface area contributed by atoms with E-state index in [1.54, 1.807) is 6.33 Å². The number of hydrogen-bond donors (Lipinski definition) is 1. The van der Waals surface area contributed by atoms with E-state index in [2.05, 4.69) is 21.8 Å². The summed E-state index contributed by atoms with van der Waals surface area (Å²) in [5, 5.41) is 10.8. The molecule has 1 aliphatic carbocycles. The summed E-state index contributed by atoms with van der Waals surface area (Å²) in [6.45, 7) is 4.59. The molecule has 0 amide bonds. The highest BCUT2D eigenvalue weighted by Gasteiger charge is 2.27. The molecule has 2 aliphatic rings. The Morgan fingerprint density at radius 1 is 1.36 bits per heavy atom. The van der Waals surface area contributed by atoms with Gasteiger partial charge >= 0.3 is 0 Å². The summed E-state index contributed by atoms with van der Waals surface area (Å²) < 4.78 is 0. The lowest BCUT2D eigenvalue weighted by Crippen LogP contribution is -2.37. The van der Waals surface area contributed by atoms with E-state index >= 15 is 0 Å². The molecule has 0 unspecified atom stereocenters. The molecular weight excluding hydrogens is 294 g/mol. The minimum atomic E-state index is 0.282. The van der Waals surface area contributed by atoms with Gasteiger partial charge in [0.05, 0.1) is 5.39 Å². The molecule has 2 aromatic heterocycles. The van der Waals surface area contributed by atoms with Crippen LogP contribution in [0.25, 0.3) is 10.2 Å². The molecule has 1 saturated heterocycles. The quantitative estimate of drug-likeness (QED) is 0.925. The van der Waals surface area contributed by atoms with Crippen LogP contribution in [0.15, 0.2) is 6.33 Å². The summed E-state index contributed by atoms with van der Waals surface area (Å²) in [6, 6.07) is 0. The fraction of sp³-hybridized carbons (Fsp3) is 0.647. The van der Waals surface area contributed by atoms with Crippen molar-refractivity contribution in [2.45, 2.75) is 39.0 Å². The third kappa shape index (κ3) is 2.40. The van der Waals surface area contributed by atoms with Crippen LogP contribution in [-0.4, -0.2) is 34.8 Å². The van der Waals surface area contributed by atoms with Gasteiger partial charge in [0.25, 0.3) is 0 Å². The van der Waals surface area contributed by atoms with Gasteiger partial charge in [-0.25, -0.2) is 9.97 Å². The number of aromatic nitrogens is 2. The van der Waals surface area contributed by atoms with Crippen LogP contribution in [0.2, 0.25) is 0 Å². The lowest BCUT2D eigenvalue weighted by atomic mass is 9.89. The maximum atomic E-state index is 9.49. The summed E-state index contributed by atoms with van der Waals surface area (Å²) in [5.74, 6) is 2.27. The van der Waals surface area contributed by atoms with Gasteiger partial charge in [-0.1, -0.05) is 6.92 Å². The van der Waals surface area contributed by atoms with Crippen LogP contribution in [0, 0.1) is 11.8 Å². The Morgan fingerprint density at radius 2 is 2.27 bits per heavy atom. The van der Waals surface area contributed by atoms with Crippen molar-refractivity contribution in [3.05, 3.63) is 16.8 Å². The van der Waals surface area contributed by atoms with Crippen LogP contribution in [0.1, 0.15) is 36.6 Å². The minimum absolute atomic E-state index is 0.282. The van der Waals surface area contributed by atoms with Gasteiger partial charge in [0.1, 0.15) is 17.0 Å². The molecule has 1 N–H and O–H groups in total. The van der Waals surface area contributed by atoms with Crippen molar-refractivity contribution in [2.75, 3.05) is 24.6 Å². The van der Waals surface area contributed by atoms with Gasteiger partial charge in [-0.3, -0.25) is 0 Å². The largest absolute Gasteiger partial charge is 0.396 e. The molecule has 22 heavy (non-hydrogen) atoms. The molecule has 1 fully saturated rings. The number of thiophene rings is 1. The van der Waals surface area contributed by atoms with Gasteiger partial charge < -0.3 is 10.0 Å². The number of aliphatic hydroxyl groups excluding tert-OH is 1. The second-order valence-corrected chi connectivity index (χ2v) is 7.95. The zero-order chi connectivity index (χ0) is 15.1. The van der Waals surface area contributed by atoms with Crippen molar-refractivity contribution in [3.8, 4) is 0 Å². The van der Waals surface area contributed by atoms with Crippen molar-refractivity contribution >= 4 is 27.4 Å². The zero-order valence-corrected chi connectivity index (χ0v) is 13.9. The highest BCUT2D eigenvalue weighted by Crippen LogP contribution is 2.41. The SMILES string of the molecule is C[C@H]1CCc2c(sc3ncnc(N4CCC[C@H](CO)C4)c23)C1. The Hall–Kier alpha value is -1.20. The summed E-state index contributed by atoms with van der Waals surface area (Å²) in [4.78, 5) is 14.2. The smallest absolute Gasteiger partial charge is 0.141 e. The number of nitrogens with zero attached hydrogens (tertiary/aromatic N) is 3. The topological polar surface area (TPSA) is 49.2 Å². The van der Waals surface area contributed by atoms with Crippen molar-refractivity contribution in [1.29, 1.82) is 0 Å². The molecule has 1 aliphatic heterocycles. The Bertz CT molecular complexity index is 684. The monoisotopic (exact) mass is 317 g/mol. The molecule has 2 aromatic rings. The number of aliphatic hydroxyl groups is 1. The van der Waals surface area contributed by atoms with Crippen LogP contribution in [0.4, 0.5) is 5.82 Å². The molecular formula is C17H23N3OS. The van der Waals surface area contributed by atoms with Gasteiger partial charge in [0, 0.05) is 24.6 Å². The average molecular weight is 317 g/mol. The lowest BCUT2D eigenvalue weighted by molar-refractivity contribution is 0.208. The Kier molecular flexibility index (Phi) is 3.78. The fourth-order valence-electron chi connectivity index (χ4n) is 3.90. The molecule has 0 bridgehead atoms. The van der Waals surface area contributed by atoms with E-state index in [-0.39, 0.29) is 6.61 Å². The van der Waals surface area contributed by atoms with Crippen LogP contribution in [0.5, 0.6) is 0 Å². The molecule has 4 rings (SSSR count). The Balaban J connectivity index is 1.78. The van der Waals surface area contributed by atoms with E-state index in [1.165, 1.54) is 28.7 Å². The van der Waals surface area contributed by atoms with Gasteiger partial charge in [-0.2, -0.15) is 0 Å². The van der Waals surface area contributed by atoms with Gasteiger partial charge in [0.2, 0.25) is 0 Å². The van der Waals surface area contributed by atoms with Crippen molar-refractivity contribution in [3.63, 3.8) is 0 Å². The number of aryl methyl sites for hydroxylation is 1. The Labute approximate surface area is 135 Å². The maximum absolute atomic E-state index is 9.49. The van der Waals surface area contributed by atoms with Crippen molar-refractivity contribution in [2.24, 2.45) is 11.8 Å². The van der Waals surface area contributed by atoms with E-state index < -0.39 is 0 Å². The summed E-state index contributed by atoms with van der Waals surface area (Å²) >= 11 is 1.86. The summed E-state index contributed by atoms with van der Waals surface area (Å²) in [6.07, 6.45) is 7.60. The highest BCUT2D eigenvalue weighted by atomic mass is 32.1. The van der Waals surface area contributed by atoms with Gasteiger partial charge in [0.15, 0.2) is 0 Å². The maximum Gasteiger partial charge on any atom is 0.141 e. The third-order valence-electron chi connectivity index (χ3n) is 5.15. The lowest BCUT2D eigenvalue weighted by Gasteiger charge is -2.33. The second-order valence-electron chi connectivity index (χ2n) is 6.87. The Morgan fingerprint density at radius 3 is 3.14 bits per heavy atom. The first kappa shape index (κ1) is 14.4. The van der Waals surface area contributed by atoms with E-state index in [1.807, 2.05) is 11.3 Å². The molecule has 5 heteroatoms. The molecule has 0 aromatic carbocycles. The number of fused-ring (bicyclic) bond motifs is 3. The molecule has 0 spiro atoms. The van der Waals surface area contributed by atoms with Crippen LogP contribution >= 0.6 is 11.3 Å². The molecule has 2 atom stereocenters. The first-order valence-corrected chi connectivity index (χ1v) is 9.19. The summed E-state index contributed by atoms with van der Waals surface area (Å²) in [7, 11) is 0. The van der Waals surface area contributed by atoms with E-state index in [0.717, 1.165) is 48.9 Å². The van der Waals surface area contributed by atoms with Gasteiger partial charge in [-0.15, -0.1) is 11.3 Å². The molecule has 118 valence electrons. The first-order valence-electron chi connectivity index (χ1n) is 8.37. The van der Waals surface area contributed by atoms with E-state index in [0.29, 0.717) is 5.92 Å². The minimum Gasteiger partial charge on any atom is -0.396 e. The van der Waals surface area contributed by atoms with Crippen LogP contribution in [0.3, 0.4) is 0 Å².